The molecule has 2 aromatic carbocycles. The topological polar surface area (TPSA) is 39.7 Å². The normalized spacial score (nSPS) is 12.9. The molecular weight excluding hydrogens is 320 g/mol. The molecule has 140 valence electrons. The van der Waals surface area contributed by atoms with Crippen LogP contribution in [0.5, 0.6) is 0 Å². The average molecular weight is 353 g/mol. The van der Waals surface area contributed by atoms with E-state index in [4.69, 9.17) is 0 Å². The van der Waals surface area contributed by atoms with Gasteiger partial charge in [0.2, 0.25) is 0 Å². The molecule has 0 fully saturated rings. The highest BCUT2D eigenvalue weighted by molar-refractivity contribution is 5.79. The van der Waals surface area contributed by atoms with Crippen molar-refractivity contribution in [3.63, 3.8) is 0 Å². The number of rotatable bonds is 8. The first-order valence-corrected chi connectivity index (χ1v) is 9.38. The van der Waals surface area contributed by atoms with Crippen molar-refractivity contribution in [1.82, 2.24) is 15.5 Å². The summed E-state index contributed by atoms with van der Waals surface area (Å²) in [4.78, 5) is 6.64. The fraction of sp³-hybridized carbons (Fsp3) is 0.409. The Balaban J connectivity index is 1.84. The van der Waals surface area contributed by atoms with Gasteiger partial charge in [-0.25, -0.2) is 0 Å². The minimum absolute atomic E-state index is 0.433. The molecule has 0 saturated carbocycles. The van der Waals surface area contributed by atoms with Crippen molar-refractivity contribution in [3.05, 3.63) is 71.3 Å². The summed E-state index contributed by atoms with van der Waals surface area (Å²) in [5, 5.41) is 6.84. The molecule has 2 rings (SSSR count). The first-order chi connectivity index (χ1) is 12.6. The fourth-order valence-electron chi connectivity index (χ4n) is 2.82. The van der Waals surface area contributed by atoms with E-state index in [1.54, 1.807) is 0 Å². The molecule has 0 aliphatic carbocycles. The van der Waals surface area contributed by atoms with Crippen LogP contribution in [0.25, 0.3) is 0 Å². The van der Waals surface area contributed by atoms with E-state index < -0.39 is 0 Å². The Morgan fingerprint density at radius 3 is 2.46 bits per heavy atom. The summed E-state index contributed by atoms with van der Waals surface area (Å²) in [5.41, 5.74) is 3.95. The Morgan fingerprint density at radius 1 is 1.04 bits per heavy atom. The molecule has 2 aromatic rings. The van der Waals surface area contributed by atoms with Gasteiger partial charge >= 0.3 is 0 Å². The van der Waals surface area contributed by atoms with Gasteiger partial charge in [-0.15, -0.1) is 0 Å². The molecule has 0 amide bonds. The molecule has 0 saturated heterocycles. The van der Waals surface area contributed by atoms with Crippen LogP contribution < -0.4 is 10.6 Å². The summed E-state index contributed by atoms with van der Waals surface area (Å²) >= 11 is 0. The third kappa shape index (κ3) is 6.52. The third-order valence-electron chi connectivity index (χ3n) is 4.61. The SMILES string of the molecule is CCN(C)Cc1cccc(CNC(=NC)NCC(C)c2ccccc2)c1. The molecule has 4 heteroatoms. The van der Waals surface area contributed by atoms with Crippen LogP contribution >= 0.6 is 0 Å². The van der Waals surface area contributed by atoms with Gasteiger partial charge in [-0.3, -0.25) is 4.99 Å². The van der Waals surface area contributed by atoms with Gasteiger partial charge < -0.3 is 15.5 Å². The molecule has 4 nitrogen and oxygen atoms in total. The number of aliphatic imine (C=N–C) groups is 1. The number of benzene rings is 2. The number of hydrogen-bond acceptors (Lipinski definition) is 2. The van der Waals surface area contributed by atoms with Gasteiger partial charge in [0.25, 0.3) is 0 Å². The van der Waals surface area contributed by atoms with Crippen LogP contribution in [0.3, 0.4) is 0 Å². The largest absolute Gasteiger partial charge is 0.356 e. The number of nitrogens with one attached hydrogen (secondary N) is 2. The van der Waals surface area contributed by atoms with Crippen LogP contribution in [-0.4, -0.2) is 38.0 Å². The molecule has 0 bridgehead atoms. The Kier molecular flexibility index (Phi) is 8.16. The summed E-state index contributed by atoms with van der Waals surface area (Å²) in [5.74, 6) is 1.27. The minimum atomic E-state index is 0.433. The summed E-state index contributed by atoms with van der Waals surface area (Å²) in [6.45, 7) is 8.06. The first-order valence-electron chi connectivity index (χ1n) is 9.38. The van der Waals surface area contributed by atoms with Crippen molar-refractivity contribution in [2.75, 3.05) is 27.2 Å². The zero-order chi connectivity index (χ0) is 18.8. The Hall–Kier alpha value is -2.33. The van der Waals surface area contributed by atoms with E-state index in [1.807, 2.05) is 7.05 Å². The molecule has 1 atom stereocenters. The molecule has 0 aliphatic heterocycles. The van der Waals surface area contributed by atoms with Crippen LogP contribution in [0.2, 0.25) is 0 Å². The van der Waals surface area contributed by atoms with Gasteiger partial charge in [0.15, 0.2) is 5.96 Å². The second kappa shape index (κ2) is 10.6. The smallest absolute Gasteiger partial charge is 0.191 e. The highest BCUT2D eigenvalue weighted by Crippen LogP contribution is 2.13. The molecule has 2 N–H and O–H groups in total. The third-order valence-corrected chi connectivity index (χ3v) is 4.61. The van der Waals surface area contributed by atoms with E-state index in [0.717, 1.165) is 32.1 Å². The second-order valence-corrected chi connectivity index (χ2v) is 6.77. The van der Waals surface area contributed by atoms with Gasteiger partial charge in [-0.05, 0) is 36.2 Å². The van der Waals surface area contributed by atoms with Crippen LogP contribution in [0, 0.1) is 0 Å². The molecule has 26 heavy (non-hydrogen) atoms. The zero-order valence-corrected chi connectivity index (χ0v) is 16.5. The van der Waals surface area contributed by atoms with E-state index in [9.17, 15) is 0 Å². The lowest BCUT2D eigenvalue weighted by Gasteiger charge is -2.17. The van der Waals surface area contributed by atoms with E-state index in [1.165, 1.54) is 16.7 Å². The quantitative estimate of drug-likeness (QED) is 0.563. The molecule has 0 radical (unpaired) electrons. The maximum absolute atomic E-state index is 4.34. The molecular formula is C22H32N4. The highest BCUT2D eigenvalue weighted by atomic mass is 15.2. The van der Waals surface area contributed by atoms with Gasteiger partial charge in [0.05, 0.1) is 0 Å². The Labute approximate surface area is 158 Å². The van der Waals surface area contributed by atoms with Gasteiger partial charge in [0, 0.05) is 26.7 Å². The van der Waals surface area contributed by atoms with E-state index in [-0.39, 0.29) is 0 Å². The van der Waals surface area contributed by atoms with Gasteiger partial charge in [0.1, 0.15) is 0 Å². The van der Waals surface area contributed by atoms with Crippen LogP contribution in [0.1, 0.15) is 36.5 Å². The molecule has 0 spiro atoms. The van der Waals surface area contributed by atoms with Gasteiger partial charge in [-0.1, -0.05) is 68.4 Å². The van der Waals surface area contributed by atoms with E-state index in [0.29, 0.717) is 5.92 Å². The van der Waals surface area contributed by atoms with Crippen molar-refractivity contribution < 1.29 is 0 Å². The Morgan fingerprint density at radius 2 is 1.77 bits per heavy atom. The lowest BCUT2D eigenvalue weighted by molar-refractivity contribution is 0.345. The predicted molar refractivity (Wildman–Crippen MR) is 112 cm³/mol. The maximum atomic E-state index is 4.34. The second-order valence-electron chi connectivity index (χ2n) is 6.77. The molecule has 1 unspecified atom stereocenters. The molecule has 0 aliphatic rings. The van der Waals surface area contributed by atoms with Crippen molar-refractivity contribution >= 4 is 5.96 Å². The lowest BCUT2D eigenvalue weighted by atomic mass is 10.0. The van der Waals surface area contributed by atoms with E-state index >= 15 is 0 Å². The lowest BCUT2D eigenvalue weighted by Crippen LogP contribution is -2.38. The minimum Gasteiger partial charge on any atom is -0.356 e. The van der Waals surface area contributed by atoms with Gasteiger partial charge in [-0.2, -0.15) is 0 Å². The van der Waals surface area contributed by atoms with Crippen LogP contribution in [0.15, 0.2) is 59.6 Å². The van der Waals surface area contributed by atoms with Crippen molar-refractivity contribution in [1.29, 1.82) is 0 Å². The summed E-state index contributed by atoms with van der Waals surface area (Å²) in [7, 11) is 3.96. The number of hydrogen-bond donors (Lipinski definition) is 2. The highest BCUT2D eigenvalue weighted by Gasteiger charge is 2.06. The first kappa shape index (κ1) is 20.0. The van der Waals surface area contributed by atoms with Crippen LogP contribution in [0.4, 0.5) is 0 Å². The number of nitrogens with zero attached hydrogens (tertiary/aromatic N) is 2. The van der Waals surface area contributed by atoms with Crippen molar-refractivity contribution in [3.8, 4) is 0 Å². The monoisotopic (exact) mass is 352 g/mol. The molecule has 0 heterocycles. The average Bonchev–Trinajstić information content (AvgIpc) is 2.68. The summed E-state index contributed by atoms with van der Waals surface area (Å²) < 4.78 is 0. The maximum Gasteiger partial charge on any atom is 0.191 e. The van der Waals surface area contributed by atoms with E-state index in [2.05, 4.69) is 96.0 Å². The Bertz CT molecular complexity index is 682. The van der Waals surface area contributed by atoms with Crippen molar-refractivity contribution in [2.45, 2.75) is 32.9 Å². The fourth-order valence-corrected chi connectivity index (χ4v) is 2.82. The summed E-state index contributed by atoms with van der Waals surface area (Å²) in [6, 6.07) is 19.3. The standard InChI is InChI=1S/C22H32N4/c1-5-26(4)17-20-11-9-10-19(14-20)16-25-22(23-3)24-15-18(2)21-12-7-6-8-13-21/h6-14,18H,5,15-17H2,1-4H3,(H2,23,24,25). The predicted octanol–water partition coefficient (Wildman–Crippen LogP) is 3.61. The van der Waals surface area contributed by atoms with Crippen molar-refractivity contribution in [2.24, 2.45) is 4.99 Å². The summed E-state index contributed by atoms with van der Waals surface area (Å²) in [6.07, 6.45) is 0. The van der Waals surface area contributed by atoms with Crippen LogP contribution in [-0.2, 0) is 13.1 Å². The number of guanidine groups is 1. The zero-order valence-electron chi connectivity index (χ0n) is 16.5. The molecule has 0 aromatic heterocycles.